The van der Waals surface area contributed by atoms with E-state index in [2.05, 4.69) is 31.9 Å². The lowest BCUT2D eigenvalue weighted by atomic mass is 9.95. The number of nitrogens with zero attached hydrogens (tertiary/aromatic N) is 2. The number of sulfonamides is 1. The van der Waals surface area contributed by atoms with Crippen LogP contribution in [0.5, 0.6) is 0 Å². The third kappa shape index (κ3) is 4.28. The van der Waals surface area contributed by atoms with Crippen molar-refractivity contribution in [1.29, 1.82) is 0 Å². The van der Waals surface area contributed by atoms with E-state index in [9.17, 15) is 13.2 Å². The summed E-state index contributed by atoms with van der Waals surface area (Å²) in [7, 11) is -3.56. The molecule has 8 heteroatoms. The number of carbonyl (C=O) groups is 1. The van der Waals surface area contributed by atoms with Gasteiger partial charge in [0.2, 0.25) is 15.9 Å². The summed E-state index contributed by atoms with van der Waals surface area (Å²) in [4.78, 5) is 14.9. The fourth-order valence-electron chi connectivity index (χ4n) is 3.53. The van der Waals surface area contributed by atoms with Gasteiger partial charge in [0.25, 0.3) is 0 Å². The van der Waals surface area contributed by atoms with Gasteiger partial charge >= 0.3 is 0 Å². The van der Waals surface area contributed by atoms with Crippen molar-refractivity contribution in [3.05, 3.63) is 27.1 Å². The van der Waals surface area contributed by atoms with Crippen molar-refractivity contribution >= 4 is 47.8 Å². The van der Waals surface area contributed by atoms with Crippen LogP contribution in [0.25, 0.3) is 0 Å². The SMILES string of the molecule is O=C(C1CCN(S(=O)(=O)c2cc(Br)ccc2Br)CC1)N1CCCCC1. The summed E-state index contributed by atoms with van der Waals surface area (Å²) in [6, 6.07) is 5.14. The van der Waals surface area contributed by atoms with Crippen molar-refractivity contribution in [3.63, 3.8) is 0 Å². The third-order valence-corrected chi connectivity index (χ3v) is 8.37. The lowest BCUT2D eigenvalue weighted by molar-refractivity contribution is -0.137. The number of hydrogen-bond acceptors (Lipinski definition) is 3. The van der Waals surface area contributed by atoms with Crippen molar-refractivity contribution in [3.8, 4) is 0 Å². The molecule has 0 radical (unpaired) electrons. The number of benzene rings is 1. The predicted octanol–water partition coefficient (Wildman–Crippen LogP) is 3.62. The Kier molecular flexibility index (Phi) is 6.23. The molecule has 2 heterocycles. The van der Waals surface area contributed by atoms with E-state index in [1.54, 1.807) is 18.2 Å². The molecule has 1 amide bonds. The molecule has 1 aromatic carbocycles. The summed E-state index contributed by atoms with van der Waals surface area (Å²) in [5.41, 5.74) is 0. The molecule has 5 nitrogen and oxygen atoms in total. The highest BCUT2D eigenvalue weighted by Gasteiger charge is 2.34. The van der Waals surface area contributed by atoms with Gasteiger partial charge in [0.1, 0.15) is 0 Å². The largest absolute Gasteiger partial charge is 0.342 e. The molecule has 2 saturated heterocycles. The molecule has 25 heavy (non-hydrogen) atoms. The van der Waals surface area contributed by atoms with Crippen molar-refractivity contribution in [2.24, 2.45) is 5.92 Å². The minimum Gasteiger partial charge on any atom is -0.342 e. The van der Waals surface area contributed by atoms with Crippen LogP contribution in [0.3, 0.4) is 0 Å². The number of piperidine rings is 2. The molecule has 2 aliphatic rings. The smallest absolute Gasteiger partial charge is 0.244 e. The van der Waals surface area contributed by atoms with E-state index in [0.29, 0.717) is 30.4 Å². The first-order valence-corrected chi connectivity index (χ1v) is 11.7. The van der Waals surface area contributed by atoms with E-state index in [4.69, 9.17) is 0 Å². The Balaban J connectivity index is 1.67. The normalized spacial score (nSPS) is 20.6. The molecule has 138 valence electrons. The second kappa shape index (κ2) is 8.06. The molecule has 0 spiro atoms. The quantitative estimate of drug-likeness (QED) is 0.646. The van der Waals surface area contributed by atoms with Gasteiger partial charge in [-0.15, -0.1) is 0 Å². The van der Waals surface area contributed by atoms with E-state index in [0.717, 1.165) is 30.4 Å². The molecule has 0 unspecified atom stereocenters. The van der Waals surface area contributed by atoms with E-state index >= 15 is 0 Å². The Labute approximate surface area is 166 Å². The Morgan fingerprint density at radius 1 is 1.00 bits per heavy atom. The molecule has 3 rings (SSSR count). The molecule has 0 aromatic heterocycles. The van der Waals surface area contributed by atoms with E-state index in [-0.39, 0.29) is 16.7 Å². The summed E-state index contributed by atoms with van der Waals surface area (Å²) >= 11 is 6.66. The lowest BCUT2D eigenvalue weighted by Crippen LogP contribution is -2.45. The molecule has 2 aliphatic heterocycles. The van der Waals surface area contributed by atoms with Gasteiger partial charge in [-0.05, 0) is 66.2 Å². The molecular formula is C17H22Br2N2O3S. The average molecular weight is 494 g/mol. The standard InChI is InChI=1S/C17H22Br2N2O3S/c18-14-4-5-15(19)16(12-14)25(23,24)21-10-6-13(7-11-21)17(22)20-8-2-1-3-9-20/h4-5,12-13H,1-3,6-11H2. The highest BCUT2D eigenvalue weighted by atomic mass is 79.9. The van der Waals surface area contributed by atoms with Crippen LogP contribution in [0.15, 0.2) is 32.0 Å². The minimum atomic E-state index is -3.56. The van der Waals surface area contributed by atoms with Gasteiger partial charge in [-0.1, -0.05) is 15.9 Å². The highest BCUT2D eigenvalue weighted by Crippen LogP contribution is 2.31. The first-order chi connectivity index (χ1) is 11.9. The number of likely N-dealkylation sites (tertiary alicyclic amines) is 1. The summed E-state index contributed by atoms with van der Waals surface area (Å²) in [5.74, 6) is 0.163. The minimum absolute atomic E-state index is 0.0458. The number of rotatable bonds is 3. The fraction of sp³-hybridized carbons (Fsp3) is 0.588. The highest BCUT2D eigenvalue weighted by molar-refractivity contribution is 9.11. The number of carbonyl (C=O) groups excluding carboxylic acids is 1. The zero-order chi connectivity index (χ0) is 18.0. The first kappa shape index (κ1) is 19.3. The maximum absolute atomic E-state index is 12.9. The Morgan fingerprint density at radius 3 is 2.28 bits per heavy atom. The molecule has 0 N–H and O–H groups in total. The van der Waals surface area contributed by atoms with Crippen molar-refractivity contribution < 1.29 is 13.2 Å². The van der Waals surface area contributed by atoms with Crippen LogP contribution in [-0.4, -0.2) is 49.7 Å². The molecule has 1 aromatic rings. The second-order valence-corrected chi connectivity index (χ2v) is 10.3. The fourth-order valence-corrected chi connectivity index (χ4v) is 6.46. The zero-order valence-electron chi connectivity index (χ0n) is 14.0. The molecule has 0 bridgehead atoms. The van der Waals surface area contributed by atoms with Gasteiger partial charge in [0.15, 0.2) is 0 Å². The summed E-state index contributed by atoms with van der Waals surface area (Å²) < 4.78 is 28.6. The topological polar surface area (TPSA) is 57.7 Å². The Morgan fingerprint density at radius 2 is 1.64 bits per heavy atom. The van der Waals surface area contributed by atoms with Gasteiger partial charge in [-0.25, -0.2) is 8.42 Å². The summed E-state index contributed by atoms with van der Waals surface area (Å²) in [6.07, 6.45) is 4.55. The second-order valence-electron chi connectivity index (χ2n) is 6.64. The summed E-state index contributed by atoms with van der Waals surface area (Å²) in [6.45, 7) is 2.49. The number of halogens is 2. The summed E-state index contributed by atoms with van der Waals surface area (Å²) in [5, 5.41) is 0. The lowest BCUT2D eigenvalue weighted by Gasteiger charge is -2.35. The van der Waals surface area contributed by atoms with Gasteiger partial charge in [-0.3, -0.25) is 4.79 Å². The van der Waals surface area contributed by atoms with Crippen LogP contribution in [-0.2, 0) is 14.8 Å². The van der Waals surface area contributed by atoms with Crippen LogP contribution in [0.1, 0.15) is 32.1 Å². The molecule has 0 aliphatic carbocycles. The van der Waals surface area contributed by atoms with Gasteiger partial charge < -0.3 is 4.90 Å². The van der Waals surface area contributed by atoms with E-state index in [1.165, 1.54) is 10.7 Å². The maximum Gasteiger partial charge on any atom is 0.244 e. The Hall–Kier alpha value is -0.440. The maximum atomic E-state index is 12.9. The Bertz CT molecular complexity index is 740. The van der Waals surface area contributed by atoms with E-state index < -0.39 is 10.0 Å². The number of amides is 1. The van der Waals surface area contributed by atoms with Crippen LogP contribution in [0.4, 0.5) is 0 Å². The van der Waals surface area contributed by atoms with Crippen LogP contribution in [0, 0.1) is 5.92 Å². The van der Waals surface area contributed by atoms with Crippen LogP contribution >= 0.6 is 31.9 Å². The monoisotopic (exact) mass is 492 g/mol. The van der Waals surface area contributed by atoms with Crippen molar-refractivity contribution in [2.45, 2.75) is 37.0 Å². The van der Waals surface area contributed by atoms with Gasteiger partial charge in [0, 0.05) is 41.0 Å². The first-order valence-electron chi connectivity index (χ1n) is 8.63. The molecule has 0 saturated carbocycles. The predicted molar refractivity (Wildman–Crippen MR) is 104 cm³/mol. The van der Waals surface area contributed by atoms with Gasteiger partial charge in [0.05, 0.1) is 4.90 Å². The molecule has 0 atom stereocenters. The average Bonchev–Trinajstić information content (AvgIpc) is 2.64. The van der Waals surface area contributed by atoms with Crippen LogP contribution in [0.2, 0.25) is 0 Å². The van der Waals surface area contributed by atoms with Gasteiger partial charge in [-0.2, -0.15) is 4.31 Å². The van der Waals surface area contributed by atoms with E-state index in [1.807, 2.05) is 4.90 Å². The van der Waals surface area contributed by atoms with Crippen LogP contribution < -0.4 is 0 Å². The third-order valence-electron chi connectivity index (χ3n) is 4.98. The van der Waals surface area contributed by atoms with Crippen molar-refractivity contribution in [2.75, 3.05) is 26.2 Å². The number of hydrogen-bond donors (Lipinski definition) is 0. The van der Waals surface area contributed by atoms with Crippen molar-refractivity contribution in [1.82, 2.24) is 9.21 Å². The zero-order valence-corrected chi connectivity index (χ0v) is 17.9. The molecular weight excluding hydrogens is 472 g/mol. The molecule has 2 fully saturated rings.